The van der Waals surface area contributed by atoms with Crippen LogP contribution in [-0.4, -0.2) is 66.1 Å². The van der Waals surface area contributed by atoms with Gasteiger partial charge in [-0.25, -0.2) is 0 Å². The number of amides is 1. The summed E-state index contributed by atoms with van der Waals surface area (Å²) in [5.74, 6) is 0.201. The van der Waals surface area contributed by atoms with Crippen LogP contribution >= 0.6 is 11.6 Å². The third-order valence-corrected chi connectivity index (χ3v) is 7.35. The second-order valence-electron chi connectivity index (χ2n) is 9.34. The summed E-state index contributed by atoms with van der Waals surface area (Å²) in [6.07, 6.45) is 5.09. The minimum Gasteiger partial charge on any atom is -0.369 e. The lowest BCUT2D eigenvalue weighted by Crippen LogP contribution is -2.47. The zero-order valence-corrected chi connectivity index (χ0v) is 20.5. The van der Waals surface area contributed by atoms with E-state index in [2.05, 4.69) is 61.9 Å². The molecule has 1 amide bonds. The summed E-state index contributed by atoms with van der Waals surface area (Å²) in [6.45, 7) is 7.73. The van der Waals surface area contributed by atoms with Crippen LogP contribution in [0.4, 0.5) is 5.69 Å². The number of benzene rings is 2. The van der Waals surface area contributed by atoms with Crippen LogP contribution < -0.4 is 4.90 Å². The van der Waals surface area contributed by atoms with Gasteiger partial charge in [-0.1, -0.05) is 41.9 Å². The van der Waals surface area contributed by atoms with Crippen LogP contribution in [0.15, 0.2) is 66.9 Å². The Morgan fingerprint density at radius 2 is 1.59 bits per heavy atom. The molecule has 0 unspecified atom stereocenters. The zero-order chi connectivity index (χ0) is 23.3. The summed E-state index contributed by atoms with van der Waals surface area (Å²) in [5.41, 5.74) is 4.60. The van der Waals surface area contributed by atoms with Gasteiger partial charge in [-0.15, -0.1) is 0 Å². The molecular formula is C28H33ClN4O. The Morgan fingerprint density at radius 1 is 0.824 bits per heavy atom. The van der Waals surface area contributed by atoms with Crippen molar-refractivity contribution in [2.75, 3.05) is 50.7 Å². The standard InChI is InChI=1S/C28H33ClN4O/c29-24-9-11-25(12-10-24)31-20-18-30(19-21-31)14-5-16-32-15-4-8-27-26(28(32)34)13-17-33(27)22-23-6-2-1-3-7-23/h1-3,6-7,9-13,17H,4-5,8,14-16,18-22H2. The largest absolute Gasteiger partial charge is 0.369 e. The Morgan fingerprint density at radius 3 is 2.35 bits per heavy atom. The van der Waals surface area contributed by atoms with Crippen molar-refractivity contribution < 1.29 is 4.79 Å². The fourth-order valence-corrected chi connectivity index (χ4v) is 5.32. The van der Waals surface area contributed by atoms with Crippen LogP contribution in [0.5, 0.6) is 0 Å². The van der Waals surface area contributed by atoms with Gasteiger partial charge in [-0.2, -0.15) is 0 Å². The number of nitrogens with zero attached hydrogens (tertiary/aromatic N) is 4. The van der Waals surface area contributed by atoms with Gasteiger partial charge in [-0.3, -0.25) is 9.69 Å². The predicted molar refractivity (Wildman–Crippen MR) is 139 cm³/mol. The van der Waals surface area contributed by atoms with E-state index >= 15 is 0 Å². The highest BCUT2D eigenvalue weighted by molar-refractivity contribution is 6.30. The quantitative estimate of drug-likeness (QED) is 0.491. The molecule has 0 atom stereocenters. The Bertz CT molecular complexity index is 1090. The van der Waals surface area contributed by atoms with E-state index < -0.39 is 0 Å². The first-order chi connectivity index (χ1) is 16.7. The average Bonchev–Trinajstić information content (AvgIpc) is 3.19. The zero-order valence-electron chi connectivity index (χ0n) is 19.7. The molecular weight excluding hydrogens is 444 g/mol. The fourth-order valence-electron chi connectivity index (χ4n) is 5.20. The Balaban J connectivity index is 1.12. The van der Waals surface area contributed by atoms with Gasteiger partial charge < -0.3 is 14.4 Å². The SMILES string of the molecule is O=C1c2ccn(Cc3ccccc3)c2CCCN1CCCN1CCN(c2ccc(Cl)cc2)CC1. The molecule has 6 heteroatoms. The lowest BCUT2D eigenvalue weighted by Gasteiger charge is -2.36. The van der Waals surface area contributed by atoms with Gasteiger partial charge in [0, 0.05) is 68.4 Å². The minimum atomic E-state index is 0.201. The number of piperazine rings is 1. The summed E-state index contributed by atoms with van der Waals surface area (Å²) >= 11 is 6.02. The fraction of sp³-hybridized carbons (Fsp3) is 0.393. The van der Waals surface area contributed by atoms with Gasteiger partial charge in [0.2, 0.25) is 0 Å². The molecule has 0 saturated carbocycles. The number of carbonyl (C=O) groups excluding carboxylic acids is 1. The topological polar surface area (TPSA) is 31.7 Å². The second-order valence-corrected chi connectivity index (χ2v) is 9.78. The molecule has 0 radical (unpaired) electrons. The molecule has 0 aliphatic carbocycles. The number of hydrogen-bond donors (Lipinski definition) is 0. The summed E-state index contributed by atoms with van der Waals surface area (Å²) in [5, 5.41) is 0.783. The van der Waals surface area contributed by atoms with Crippen molar-refractivity contribution in [2.45, 2.75) is 25.8 Å². The number of hydrogen-bond acceptors (Lipinski definition) is 3. The lowest BCUT2D eigenvalue weighted by molar-refractivity contribution is 0.0752. The first kappa shape index (κ1) is 23.0. The highest BCUT2D eigenvalue weighted by Crippen LogP contribution is 2.22. The van der Waals surface area contributed by atoms with E-state index in [4.69, 9.17) is 11.6 Å². The van der Waals surface area contributed by atoms with Crippen molar-refractivity contribution in [3.63, 3.8) is 0 Å². The lowest BCUT2D eigenvalue weighted by atomic mass is 10.1. The smallest absolute Gasteiger partial charge is 0.255 e. The van der Waals surface area contributed by atoms with E-state index in [-0.39, 0.29) is 5.91 Å². The predicted octanol–water partition coefficient (Wildman–Crippen LogP) is 4.79. The maximum Gasteiger partial charge on any atom is 0.255 e. The van der Waals surface area contributed by atoms with Crippen LogP contribution in [0.3, 0.4) is 0 Å². The molecule has 2 aliphatic rings. The summed E-state index contributed by atoms with van der Waals surface area (Å²) in [4.78, 5) is 20.3. The first-order valence-corrected chi connectivity index (χ1v) is 12.8. The summed E-state index contributed by atoms with van der Waals surface area (Å²) < 4.78 is 2.26. The van der Waals surface area contributed by atoms with Gasteiger partial charge in [-0.05, 0) is 61.7 Å². The summed E-state index contributed by atoms with van der Waals surface area (Å²) in [7, 11) is 0. The molecule has 1 fully saturated rings. The molecule has 1 aromatic heterocycles. The number of rotatable bonds is 7. The van der Waals surface area contributed by atoms with Crippen molar-refractivity contribution in [3.05, 3.63) is 88.7 Å². The Hall–Kier alpha value is -2.76. The molecule has 0 spiro atoms. The molecule has 178 valence electrons. The van der Waals surface area contributed by atoms with Gasteiger partial charge in [0.15, 0.2) is 0 Å². The van der Waals surface area contributed by atoms with Gasteiger partial charge in [0.05, 0.1) is 5.56 Å². The molecule has 34 heavy (non-hydrogen) atoms. The van der Waals surface area contributed by atoms with Gasteiger partial charge in [0.1, 0.15) is 0 Å². The third kappa shape index (κ3) is 5.31. The first-order valence-electron chi connectivity index (χ1n) is 12.4. The number of halogens is 1. The maximum absolute atomic E-state index is 13.3. The van der Waals surface area contributed by atoms with E-state index in [9.17, 15) is 4.79 Å². The third-order valence-electron chi connectivity index (χ3n) is 7.10. The van der Waals surface area contributed by atoms with Gasteiger partial charge >= 0.3 is 0 Å². The molecule has 3 aromatic rings. The van der Waals surface area contributed by atoms with E-state index in [1.54, 1.807) is 0 Å². The van der Waals surface area contributed by atoms with E-state index in [0.29, 0.717) is 0 Å². The number of fused-ring (bicyclic) bond motifs is 1. The monoisotopic (exact) mass is 476 g/mol. The molecule has 5 nitrogen and oxygen atoms in total. The number of anilines is 1. The molecule has 0 N–H and O–H groups in total. The average molecular weight is 477 g/mol. The minimum absolute atomic E-state index is 0.201. The van der Waals surface area contributed by atoms with Crippen LogP contribution in [0.25, 0.3) is 0 Å². The highest BCUT2D eigenvalue weighted by Gasteiger charge is 2.25. The summed E-state index contributed by atoms with van der Waals surface area (Å²) in [6, 6.07) is 20.6. The molecule has 2 aromatic carbocycles. The van der Waals surface area contributed by atoms with Crippen molar-refractivity contribution >= 4 is 23.2 Å². The van der Waals surface area contributed by atoms with E-state index in [0.717, 1.165) is 82.2 Å². The number of carbonyl (C=O) groups is 1. The molecule has 1 saturated heterocycles. The van der Waals surface area contributed by atoms with E-state index in [1.807, 2.05) is 24.3 Å². The van der Waals surface area contributed by atoms with Crippen molar-refractivity contribution in [3.8, 4) is 0 Å². The molecule has 2 aliphatic heterocycles. The van der Waals surface area contributed by atoms with Crippen molar-refractivity contribution in [1.29, 1.82) is 0 Å². The highest BCUT2D eigenvalue weighted by atomic mass is 35.5. The van der Waals surface area contributed by atoms with Crippen LogP contribution in [0.2, 0.25) is 5.02 Å². The molecule has 5 rings (SSSR count). The second kappa shape index (κ2) is 10.7. The van der Waals surface area contributed by atoms with Gasteiger partial charge in [0.25, 0.3) is 5.91 Å². The van der Waals surface area contributed by atoms with Crippen LogP contribution in [0, 0.1) is 0 Å². The van der Waals surface area contributed by atoms with Crippen LogP contribution in [0.1, 0.15) is 34.5 Å². The Labute approximate surface area is 207 Å². The number of aromatic nitrogens is 1. The Kier molecular flexibility index (Phi) is 7.21. The van der Waals surface area contributed by atoms with E-state index in [1.165, 1.54) is 16.9 Å². The maximum atomic E-state index is 13.3. The van der Waals surface area contributed by atoms with Crippen LogP contribution in [-0.2, 0) is 13.0 Å². The van der Waals surface area contributed by atoms with Crippen molar-refractivity contribution in [2.24, 2.45) is 0 Å². The molecule has 3 heterocycles. The normalized spacial score (nSPS) is 17.0. The van der Waals surface area contributed by atoms with Crippen molar-refractivity contribution in [1.82, 2.24) is 14.4 Å². The molecule has 0 bridgehead atoms.